The molecule has 0 amide bonds. The summed E-state index contributed by atoms with van der Waals surface area (Å²) >= 11 is 3.76. The zero-order valence-electron chi connectivity index (χ0n) is 25.0. The Morgan fingerprint density at radius 2 is 1.91 bits per heavy atom. The van der Waals surface area contributed by atoms with Gasteiger partial charge < -0.3 is 25.0 Å². The lowest BCUT2D eigenvalue weighted by molar-refractivity contribution is 0.0829. The summed E-state index contributed by atoms with van der Waals surface area (Å²) < 4.78 is 22.5. The number of halogens is 2. The highest BCUT2D eigenvalue weighted by Crippen LogP contribution is 2.52. The van der Waals surface area contributed by atoms with Crippen molar-refractivity contribution in [1.82, 2.24) is 20.2 Å². The quantitative estimate of drug-likeness (QED) is 0.380. The van der Waals surface area contributed by atoms with Crippen LogP contribution in [0.5, 0.6) is 11.8 Å². The van der Waals surface area contributed by atoms with Gasteiger partial charge in [-0.15, -0.1) is 0 Å². The molecule has 2 bridgehead atoms. The van der Waals surface area contributed by atoms with E-state index in [0.29, 0.717) is 56.2 Å². The first-order valence-corrected chi connectivity index (χ1v) is 17.3. The third kappa shape index (κ3) is 4.49. The molecule has 2 aromatic carbocycles. The number of nitrogens with one attached hydrogen (secondary N) is 1. The van der Waals surface area contributed by atoms with Gasteiger partial charge in [-0.25, -0.2) is 4.39 Å². The summed E-state index contributed by atoms with van der Waals surface area (Å²) in [7, 11) is 0. The fourth-order valence-electron chi connectivity index (χ4n) is 9.73. The van der Waals surface area contributed by atoms with Gasteiger partial charge in [0.25, 0.3) is 0 Å². The number of aromatic nitrogens is 2. The number of rotatable bonds is 5. The Hall–Kier alpha value is -2.69. The van der Waals surface area contributed by atoms with E-state index in [1.54, 1.807) is 0 Å². The number of phenols is 1. The molecule has 2 N–H and O–H groups in total. The number of nitrogens with zero attached hydrogens (tertiary/aromatic N) is 5. The predicted octanol–water partition coefficient (Wildman–Crippen LogP) is 5.34. The van der Waals surface area contributed by atoms with E-state index in [9.17, 15) is 9.50 Å². The molecular weight excluding hydrogens is 623 g/mol. The number of aromatic hydroxyl groups is 1. The highest BCUT2D eigenvalue weighted by atomic mass is 79.9. The zero-order chi connectivity index (χ0) is 29.6. The van der Waals surface area contributed by atoms with Crippen LogP contribution in [0, 0.1) is 5.92 Å². The van der Waals surface area contributed by atoms with Crippen LogP contribution in [-0.2, 0) is 13.0 Å². The van der Waals surface area contributed by atoms with Crippen LogP contribution < -0.4 is 19.9 Å². The summed E-state index contributed by atoms with van der Waals surface area (Å²) in [4.78, 5) is 17.4. The lowest BCUT2D eigenvalue weighted by Gasteiger charge is -2.38. The van der Waals surface area contributed by atoms with Crippen LogP contribution in [0.15, 0.2) is 34.8 Å². The number of ether oxygens (including phenoxy) is 1. The minimum absolute atomic E-state index is 0.248. The molecule has 9 rings (SSSR count). The molecule has 6 heterocycles. The van der Waals surface area contributed by atoms with E-state index in [-0.39, 0.29) is 11.3 Å². The number of hydrogen-bond donors (Lipinski definition) is 2. The minimum atomic E-state index is -0.790. The number of anilines is 2. The van der Waals surface area contributed by atoms with Gasteiger partial charge in [-0.05, 0) is 62.0 Å². The van der Waals surface area contributed by atoms with Crippen molar-refractivity contribution >= 4 is 38.2 Å². The van der Waals surface area contributed by atoms with Crippen LogP contribution in [0.4, 0.5) is 15.9 Å². The summed E-state index contributed by atoms with van der Waals surface area (Å²) in [5.74, 6) is 1.93. The molecule has 3 aromatic rings. The zero-order valence-corrected chi connectivity index (χ0v) is 26.6. The molecule has 0 spiro atoms. The molecule has 2 unspecified atom stereocenters. The van der Waals surface area contributed by atoms with Crippen LogP contribution in [-0.4, -0.2) is 82.6 Å². The Kier molecular flexibility index (Phi) is 6.54. The van der Waals surface area contributed by atoms with Crippen LogP contribution in [0.2, 0.25) is 0 Å². The van der Waals surface area contributed by atoms with Gasteiger partial charge in [0.1, 0.15) is 24.3 Å². The van der Waals surface area contributed by atoms with E-state index in [0.717, 1.165) is 64.9 Å². The Bertz CT molecular complexity index is 1610. The van der Waals surface area contributed by atoms with Crippen molar-refractivity contribution in [2.45, 2.75) is 87.7 Å². The first-order valence-electron chi connectivity index (χ1n) is 16.5. The third-order valence-corrected chi connectivity index (χ3v) is 12.2. The van der Waals surface area contributed by atoms with Crippen molar-refractivity contribution in [3.63, 3.8) is 0 Å². The summed E-state index contributed by atoms with van der Waals surface area (Å²) in [6, 6.07) is 11.7. The first-order chi connectivity index (χ1) is 21.4. The van der Waals surface area contributed by atoms with Crippen molar-refractivity contribution in [1.29, 1.82) is 0 Å². The Morgan fingerprint density at radius 1 is 1.05 bits per heavy atom. The molecule has 6 atom stereocenters. The molecule has 6 aliphatic rings. The highest BCUT2D eigenvalue weighted by molar-refractivity contribution is 9.10. The van der Waals surface area contributed by atoms with Gasteiger partial charge in [-0.2, -0.15) is 9.97 Å². The standard InChI is InChI=1S/C34H40BrFN6O2/c35-27-5-1-3-20-11-25(43)12-30(31(20)27)40-10-9-26-28(18-40)38-33(39-32(26)41-16-23-7-8-24(17-41)37-23)44-19-34-13-21-4-2-6-29(21)42(34)15-22(36)14-34/h1,3,5,11-12,21-24,29,37,43H,2,4,6-10,13-19H2/t21-,22+,23?,24?,29-,34-/m0/s1. The Morgan fingerprint density at radius 3 is 2.77 bits per heavy atom. The maximum absolute atomic E-state index is 14.9. The van der Waals surface area contributed by atoms with E-state index in [1.807, 2.05) is 24.3 Å². The van der Waals surface area contributed by atoms with Crippen molar-refractivity contribution in [2.75, 3.05) is 42.6 Å². The van der Waals surface area contributed by atoms with Crippen LogP contribution in [0.3, 0.4) is 0 Å². The van der Waals surface area contributed by atoms with Gasteiger partial charge in [0.2, 0.25) is 0 Å². The third-order valence-electron chi connectivity index (χ3n) is 11.5. The maximum Gasteiger partial charge on any atom is 0.318 e. The summed E-state index contributed by atoms with van der Waals surface area (Å²) in [5, 5.41) is 16.5. The molecule has 44 heavy (non-hydrogen) atoms. The number of benzene rings is 2. The average Bonchev–Trinajstić information content (AvgIpc) is 3.75. The molecule has 232 valence electrons. The highest BCUT2D eigenvalue weighted by Gasteiger charge is 2.58. The fraction of sp³-hybridized carbons (Fsp3) is 0.588. The van der Waals surface area contributed by atoms with E-state index >= 15 is 0 Å². The Balaban J connectivity index is 1.07. The Labute approximate surface area is 266 Å². The summed E-state index contributed by atoms with van der Waals surface area (Å²) in [5.41, 5.74) is 2.94. The molecule has 1 aliphatic carbocycles. The monoisotopic (exact) mass is 662 g/mol. The number of alkyl halides is 1. The molecule has 10 heteroatoms. The smallest absolute Gasteiger partial charge is 0.318 e. The number of phenolic OH excluding ortho intramolecular Hbond substituents is 1. The van der Waals surface area contributed by atoms with Gasteiger partial charge >= 0.3 is 6.01 Å². The molecule has 4 saturated heterocycles. The van der Waals surface area contributed by atoms with Crippen LogP contribution >= 0.6 is 15.9 Å². The second-order valence-corrected chi connectivity index (χ2v) is 15.1. The predicted molar refractivity (Wildman–Crippen MR) is 172 cm³/mol. The van der Waals surface area contributed by atoms with Gasteiger partial charge in [0, 0.05) is 77.9 Å². The normalized spacial score (nSPS) is 32.7. The topological polar surface area (TPSA) is 77.0 Å². The summed E-state index contributed by atoms with van der Waals surface area (Å²) in [6.07, 6.45) is 7.69. The molecule has 5 aliphatic heterocycles. The lowest BCUT2D eigenvalue weighted by atomic mass is 9.89. The molecule has 1 aromatic heterocycles. The molecule has 8 nitrogen and oxygen atoms in total. The second-order valence-electron chi connectivity index (χ2n) is 14.2. The van der Waals surface area contributed by atoms with Crippen LogP contribution in [0.25, 0.3) is 10.8 Å². The van der Waals surface area contributed by atoms with Gasteiger partial charge in [0.15, 0.2) is 0 Å². The van der Waals surface area contributed by atoms with Crippen molar-refractivity contribution in [3.05, 3.63) is 46.1 Å². The number of piperazine rings is 1. The number of fused-ring (bicyclic) bond motifs is 7. The molecule has 5 fully saturated rings. The van der Waals surface area contributed by atoms with Gasteiger partial charge in [-0.1, -0.05) is 34.5 Å². The minimum Gasteiger partial charge on any atom is -0.508 e. The first kappa shape index (κ1) is 27.6. The molecular formula is C34H40BrFN6O2. The SMILES string of the molecule is Oc1cc(N2CCc3c(nc(OC[C@]45C[C@@H](F)CN4[C@H]4CCC[C@H]4C5)nc3N3CC4CCC(C3)N4)C2)c2c(Br)cccc2c1. The summed E-state index contributed by atoms with van der Waals surface area (Å²) in [6.45, 7) is 4.27. The lowest BCUT2D eigenvalue weighted by Crippen LogP contribution is -2.52. The largest absolute Gasteiger partial charge is 0.508 e. The number of hydrogen-bond acceptors (Lipinski definition) is 8. The van der Waals surface area contributed by atoms with Crippen molar-refractivity contribution in [2.24, 2.45) is 5.92 Å². The van der Waals surface area contributed by atoms with E-state index < -0.39 is 6.17 Å². The molecule has 1 saturated carbocycles. The van der Waals surface area contributed by atoms with Gasteiger partial charge in [0.05, 0.1) is 17.8 Å². The maximum atomic E-state index is 14.9. The molecule has 0 radical (unpaired) electrons. The van der Waals surface area contributed by atoms with Gasteiger partial charge in [-0.3, -0.25) is 4.90 Å². The van der Waals surface area contributed by atoms with Crippen LogP contribution in [0.1, 0.15) is 56.2 Å². The average molecular weight is 664 g/mol. The van der Waals surface area contributed by atoms with Crippen molar-refractivity contribution < 1.29 is 14.2 Å². The second kappa shape index (κ2) is 10.4. The van der Waals surface area contributed by atoms with E-state index in [2.05, 4.69) is 42.0 Å². The fourth-order valence-corrected chi connectivity index (χ4v) is 10.3. The van der Waals surface area contributed by atoms with Crippen molar-refractivity contribution in [3.8, 4) is 11.8 Å². The van der Waals surface area contributed by atoms with E-state index in [4.69, 9.17) is 14.7 Å². The van der Waals surface area contributed by atoms with E-state index in [1.165, 1.54) is 37.7 Å².